The summed E-state index contributed by atoms with van der Waals surface area (Å²) in [6.45, 7) is 4.34. The van der Waals surface area contributed by atoms with E-state index in [4.69, 9.17) is 8.83 Å². The zero-order valence-electron chi connectivity index (χ0n) is 12.5. The first-order valence-corrected chi connectivity index (χ1v) is 7.49. The summed E-state index contributed by atoms with van der Waals surface area (Å²) in [6.07, 6.45) is 3.72. The number of aryl methyl sites for hydroxylation is 1. The highest BCUT2D eigenvalue weighted by Gasteiger charge is 2.14. The summed E-state index contributed by atoms with van der Waals surface area (Å²) < 4.78 is 11.3. The van der Waals surface area contributed by atoms with Gasteiger partial charge in [-0.3, -0.25) is 0 Å². The lowest BCUT2D eigenvalue weighted by atomic mass is 10.1. The van der Waals surface area contributed by atoms with E-state index in [2.05, 4.69) is 31.3 Å². The fourth-order valence-corrected chi connectivity index (χ4v) is 2.62. The third-order valence-electron chi connectivity index (χ3n) is 3.81. The van der Waals surface area contributed by atoms with Gasteiger partial charge < -0.3 is 14.2 Å². The van der Waals surface area contributed by atoms with Crippen molar-refractivity contribution in [3.8, 4) is 0 Å². The maximum absolute atomic E-state index is 5.90. The number of fused-ring (bicyclic) bond motifs is 1. The Kier molecular flexibility index (Phi) is 4.11. The van der Waals surface area contributed by atoms with E-state index in [1.165, 1.54) is 0 Å². The molecule has 0 amide bonds. The van der Waals surface area contributed by atoms with Crippen LogP contribution in [0.15, 0.2) is 57.6 Å². The average molecular weight is 283 g/mol. The second-order valence-electron chi connectivity index (χ2n) is 5.59. The first-order chi connectivity index (χ1) is 10.2. The van der Waals surface area contributed by atoms with Crippen molar-refractivity contribution < 1.29 is 8.83 Å². The fourth-order valence-electron chi connectivity index (χ4n) is 2.62. The van der Waals surface area contributed by atoms with E-state index in [9.17, 15) is 0 Å². The highest BCUT2D eigenvalue weighted by Crippen LogP contribution is 2.24. The number of hydrogen-bond acceptors (Lipinski definition) is 3. The average Bonchev–Trinajstić information content (AvgIpc) is 3.14. The van der Waals surface area contributed by atoms with Gasteiger partial charge in [-0.15, -0.1) is 0 Å². The maximum atomic E-state index is 5.90. The number of nitrogens with one attached hydrogen (secondary N) is 1. The number of rotatable bonds is 6. The third kappa shape index (κ3) is 3.37. The summed E-state index contributed by atoms with van der Waals surface area (Å²) in [5.74, 6) is 2.03. The Bertz CT molecular complexity index is 651. The van der Waals surface area contributed by atoms with Crippen LogP contribution in [-0.2, 0) is 6.42 Å². The molecular weight excluding hydrogens is 262 g/mol. The molecule has 3 heteroatoms. The molecule has 2 atom stereocenters. The second-order valence-corrected chi connectivity index (χ2v) is 5.59. The molecule has 1 aromatic carbocycles. The van der Waals surface area contributed by atoms with E-state index in [1.807, 2.05) is 30.3 Å². The van der Waals surface area contributed by atoms with Crippen LogP contribution in [0.5, 0.6) is 0 Å². The van der Waals surface area contributed by atoms with E-state index in [1.54, 1.807) is 6.26 Å². The lowest BCUT2D eigenvalue weighted by Gasteiger charge is -2.18. The molecule has 3 aromatic rings. The molecule has 0 fully saturated rings. The van der Waals surface area contributed by atoms with Gasteiger partial charge in [0.2, 0.25) is 0 Å². The minimum Gasteiger partial charge on any atom is -0.469 e. The molecule has 1 N–H and O–H groups in total. The predicted octanol–water partition coefficient (Wildman–Crippen LogP) is 4.70. The second kappa shape index (κ2) is 6.19. The van der Waals surface area contributed by atoms with Gasteiger partial charge in [-0.1, -0.05) is 18.2 Å². The summed E-state index contributed by atoms with van der Waals surface area (Å²) in [5, 5.41) is 4.74. The molecule has 2 heterocycles. The van der Waals surface area contributed by atoms with Gasteiger partial charge in [0.25, 0.3) is 0 Å². The van der Waals surface area contributed by atoms with Crippen molar-refractivity contribution in [1.82, 2.24) is 5.32 Å². The van der Waals surface area contributed by atoms with Gasteiger partial charge in [-0.25, -0.2) is 0 Å². The van der Waals surface area contributed by atoms with Crippen LogP contribution < -0.4 is 5.32 Å². The Hall–Kier alpha value is -2.00. The Morgan fingerprint density at radius 3 is 2.71 bits per heavy atom. The van der Waals surface area contributed by atoms with Crippen LogP contribution in [0.2, 0.25) is 0 Å². The van der Waals surface area contributed by atoms with E-state index in [-0.39, 0.29) is 6.04 Å². The van der Waals surface area contributed by atoms with Crippen LogP contribution in [0.3, 0.4) is 0 Å². The molecule has 2 aromatic heterocycles. The first-order valence-electron chi connectivity index (χ1n) is 7.49. The van der Waals surface area contributed by atoms with Crippen molar-refractivity contribution in [2.75, 3.05) is 0 Å². The van der Waals surface area contributed by atoms with Crippen molar-refractivity contribution in [3.63, 3.8) is 0 Å². The number of furan rings is 2. The maximum Gasteiger partial charge on any atom is 0.134 e. The Balaban J connectivity index is 1.58. The minimum atomic E-state index is 0.198. The highest BCUT2D eigenvalue weighted by atomic mass is 16.3. The van der Waals surface area contributed by atoms with Gasteiger partial charge in [0, 0.05) is 17.8 Å². The molecule has 0 bridgehead atoms. The molecule has 0 aliphatic heterocycles. The minimum absolute atomic E-state index is 0.198. The van der Waals surface area contributed by atoms with E-state index < -0.39 is 0 Å². The lowest BCUT2D eigenvalue weighted by molar-refractivity contribution is 0.391. The Morgan fingerprint density at radius 1 is 1.10 bits per heavy atom. The molecule has 0 saturated carbocycles. The molecular formula is C18H21NO2. The molecule has 2 unspecified atom stereocenters. The SMILES string of the molecule is CC(CCc1ccco1)NC(C)c1cc2ccccc2o1. The van der Waals surface area contributed by atoms with Crippen molar-refractivity contribution in [2.45, 2.75) is 38.8 Å². The van der Waals surface area contributed by atoms with Crippen molar-refractivity contribution in [3.05, 3.63) is 60.2 Å². The summed E-state index contributed by atoms with van der Waals surface area (Å²) in [7, 11) is 0. The lowest BCUT2D eigenvalue weighted by Crippen LogP contribution is -2.29. The van der Waals surface area contributed by atoms with Gasteiger partial charge >= 0.3 is 0 Å². The quantitative estimate of drug-likeness (QED) is 0.712. The standard InChI is InChI=1S/C18H21NO2/c1-13(9-10-16-7-5-11-20-16)19-14(2)18-12-15-6-3-4-8-17(15)21-18/h3-8,11-14,19H,9-10H2,1-2H3. The summed E-state index contributed by atoms with van der Waals surface area (Å²) in [4.78, 5) is 0. The van der Waals surface area contributed by atoms with Crippen LogP contribution in [0.1, 0.15) is 37.8 Å². The monoisotopic (exact) mass is 283 g/mol. The Morgan fingerprint density at radius 2 is 1.95 bits per heavy atom. The Labute approximate surface area is 124 Å². The fraction of sp³-hybridized carbons (Fsp3) is 0.333. The van der Waals surface area contributed by atoms with Gasteiger partial charge in [0.05, 0.1) is 12.3 Å². The molecule has 0 saturated heterocycles. The van der Waals surface area contributed by atoms with Crippen molar-refractivity contribution >= 4 is 11.0 Å². The first kappa shape index (κ1) is 14.0. The van der Waals surface area contributed by atoms with Gasteiger partial charge in [-0.05, 0) is 44.5 Å². The topological polar surface area (TPSA) is 38.3 Å². The number of hydrogen-bond donors (Lipinski definition) is 1. The van der Waals surface area contributed by atoms with E-state index in [0.29, 0.717) is 6.04 Å². The van der Waals surface area contributed by atoms with Crippen LogP contribution in [-0.4, -0.2) is 6.04 Å². The van der Waals surface area contributed by atoms with E-state index in [0.717, 1.165) is 35.3 Å². The largest absolute Gasteiger partial charge is 0.469 e. The van der Waals surface area contributed by atoms with Crippen LogP contribution in [0.4, 0.5) is 0 Å². The molecule has 110 valence electrons. The molecule has 3 nitrogen and oxygen atoms in total. The predicted molar refractivity (Wildman–Crippen MR) is 84.3 cm³/mol. The number of benzene rings is 1. The van der Waals surface area contributed by atoms with Crippen LogP contribution in [0, 0.1) is 0 Å². The summed E-state index contributed by atoms with van der Waals surface area (Å²) in [6, 6.07) is 14.8. The van der Waals surface area contributed by atoms with Crippen LogP contribution >= 0.6 is 0 Å². The van der Waals surface area contributed by atoms with Crippen LogP contribution in [0.25, 0.3) is 11.0 Å². The van der Waals surface area contributed by atoms with Gasteiger partial charge in [-0.2, -0.15) is 0 Å². The molecule has 0 spiro atoms. The van der Waals surface area contributed by atoms with Gasteiger partial charge in [0.15, 0.2) is 0 Å². The highest BCUT2D eigenvalue weighted by molar-refractivity contribution is 5.77. The molecule has 0 radical (unpaired) electrons. The number of para-hydroxylation sites is 1. The summed E-state index contributed by atoms with van der Waals surface area (Å²) in [5.41, 5.74) is 0.949. The third-order valence-corrected chi connectivity index (χ3v) is 3.81. The van der Waals surface area contributed by atoms with Gasteiger partial charge in [0.1, 0.15) is 17.1 Å². The smallest absolute Gasteiger partial charge is 0.134 e. The molecule has 0 aliphatic carbocycles. The summed E-state index contributed by atoms with van der Waals surface area (Å²) >= 11 is 0. The van der Waals surface area contributed by atoms with E-state index >= 15 is 0 Å². The van der Waals surface area contributed by atoms with Crippen molar-refractivity contribution in [1.29, 1.82) is 0 Å². The zero-order valence-corrected chi connectivity index (χ0v) is 12.5. The molecule has 3 rings (SSSR count). The van der Waals surface area contributed by atoms with Crippen molar-refractivity contribution in [2.24, 2.45) is 0 Å². The normalized spacial score (nSPS) is 14.4. The zero-order chi connectivity index (χ0) is 14.7. The molecule has 0 aliphatic rings. The molecule has 21 heavy (non-hydrogen) atoms.